The highest BCUT2D eigenvalue weighted by Crippen LogP contribution is 2.22. The van der Waals surface area contributed by atoms with Crippen LogP contribution in [0.5, 0.6) is 0 Å². The van der Waals surface area contributed by atoms with Gasteiger partial charge in [-0.05, 0) is 41.1 Å². The van der Waals surface area contributed by atoms with Gasteiger partial charge in [-0.1, -0.05) is 11.6 Å². The molecule has 0 saturated carbocycles. The van der Waals surface area contributed by atoms with Crippen LogP contribution in [-0.2, 0) is 14.3 Å². The Morgan fingerprint density at radius 2 is 2.10 bits per heavy atom. The molecular weight excluding hydrogens is 362 g/mol. The zero-order valence-electron chi connectivity index (χ0n) is 11.9. The Labute approximate surface area is 137 Å². The van der Waals surface area contributed by atoms with E-state index in [1.54, 1.807) is 25.1 Å². The van der Waals surface area contributed by atoms with Gasteiger partial charge in [-0.15, -0.1) is 0 Å². The van der Waals surface area contributed by atoms with Crippen LogP contribution in [0.15, 0.2) is 22.7 Å². The highest BCUT2D eigenvalue weighted by atomic mass is 79.9. The van der Waals surface area contributed by atoms with Gasteiger partial charge >= 0.3 is 5.97 Å². The van der Waals surface area contributed by atoms with Gasteiger partial charge in [0.25, 0.3) is 5.91 Å². The Bertz CT molecular complexity index is 510. The van der Waals surface area contributed by atoms with Crippen LogP contribution in [0.25, 0.3) is 0 Å². The molecule has 0 aromatic heterocycles. The van der Waals surface area contributed by atoms with Crippen LogP contribution in [0, 0.1) is 0 Å². The van der Waals surface area contributed by atoms with E-state index in [0.717, 1.165) is 0 Å². The minimum absolute atomic E-state index is 0.120. The molecule has 1 aromatic rings. The molecule has 1 rings (SSSR count). The Morgan fingerprint density at radius 1 is 1.38 bits per heavy atom. The molecule has 0 bridgehead atoms. The third kappa shape index (κ3) is 5.65. The fourth-order valence-electron chi connectivity index (χ4n) is 1.65. The summed E-state index contributed by atoms with van der Waals surface area (Å²) in [7, 11) is 1.53. The molecule has 0 fully saturated rings. The molecule has 7 heteroatoms. The van der Waals surface area contributed by atoms with Gasteiger partial charge in [0.1, 0.15) is 6.54 Å². The minimum Gasteiger partial charge on any atom is -0.465 e. The van der Waals surface area contributed by atoms with Gasteiger partial charge in [0.15, 0.2) is 0 Å². The SMILES string of the molecule is CCOC(=O)CN(CCOC)C(=O)c1ccc(Cl)cc1Br. The summed E-state index contributed by atoms with van der Waals surface area (Å²) in [4.78, 5) is 25.5. The normalized spacial score (nSPS) is 10.3. The highest BCUT2D eigenvalue weighted by molar-refractivity contribution is 9.10. The van der Waals surface area contributed by atoms with Crippen molar-refractivity contribution in [2.45, 2.75) is 6.92 Å². The van der Waals surface area contributed by atoms with Gasteiger partial charge in [0, 0.05) is 23.1 Å². The van der Waals surface area contributed by atoms with Crippen LogP contribution in [0.2, 0.25) is 5.02 Å². The van der Waals surface area contributed by atoms with Crippen molar-refractivity contribution in [2.75, 3.05) is 33.4 Å². The first kappa shape index (κ1) is 17.9. The Hall–Kier alpha value is -1.11. The van der Waals surface area contributed by atoms with E-state index < -0.39 is 5.97 Å². The quantitative estimate of drug-likeness (QED) is 0.685. The Kier molecular flexibility index (Phi) is 7.71. The lowest BCUT2D eigenvalue weighted by Crippen LogP contribution is -2.38. The molecule has 0 spiro atoms. The van der Waals surface area contributed by atoms with Crippen molar-refractivity contribution < 1.29 is 19.1 Å². The van der Waals surface area contributed by atoms with Crippen molar-refractivity contribution in [1.29, 1.82) is 0 Å². The molecule has 0 N–H and O–H groups in total. The molecule has 1 amide bonds. The van der Waals surface area contributed by atoms with Crippen LogP contribution in [0.1, 0.15) is 17.3 Å². The third-order valence-corrected chi connectivity index (χ3v) is 3.53. The smallest absolute Gasteiger partial charge is 0.325 e. The number of rotatable bonds is 7. The van der Waals surface area contributed by atoms with Crippen LogP contribution < -0.4 is 0 Å². The second-order valence-electron chi connectivity index (χ2n) is 4.15. The molecule has 0 aliphatic carbocycles. The second-order valence-corrected chi connectivity index (χ2v) is 5.44. The van der Waals surface area contributed by atoms with Crippen LogP contribution in [0.4, 0.5) is 0 Å². The Balaban J connectivity index is 2.90. The number of nitrogens with zero attached hydrogens (tertiary/aromatic N) is 1. The number of amides is 1. The van der Waals surface area contributed by atoms with Gasteiger partial charge in [-0.2, -0.15) is 0 Å². The molecular formula is C14H17BrClNO4. The van der Waals surface area contributed by atoms with Crippen molar-refractivity contribution >= 4 is 39.4 Å². The van der Waals surface area contributed by atoms with Crippen molar-refractivity contribution in [3.63, 3.8) is 0 Å². The first-order chi connectivity index (χ1) is 9.99. The van der Waals surface area contributed by atoms with Gasteiger partial charge in [0.05, 0.1) is 18.8 Å². The number of benzene rings is 1. The maximum absolute atomic E-state index is 12.5. The monoisotopic (exact) mass is 377 g/mol. The minimum atomic E-state index is -0.452. The van der Waals surface area contributed by atoms with E-state index in [1.807, 2.05) is 0 Å². The molecule has 116 valence electrons. The van der Waals surface area contributed by atoms with Crippen molar-refractivity contribution in [1.82, 2.24) is 4.90 Å². The average molecular weight is 379 g/mol. The first-order valence-corrected chi connectivity index (χ1v) is 7.55. The van der Waals surface area contributed by atoms with E-state index in [9.17, 15) is 9.59 Å². The lowest BCUT2D eigenvalue weighted by Gasteiger charge is -2.22. The van der Waals surface area contributed by atoms with Gasteiger partial charge in [0.2, 0.25) is 0 Å². The standard InChI is InChI=1S/C14H17BrClNO4/c1-3-21-13(18)9-17(6-7-20-2)14(19)11-5-4-10(16)8-12(11)15/h4-5,8H,3,6-7,9H2,1-2H3. The van der Waals surface area contributed by atoms with E-state index >= 15 is 0 Å². The van der Waals surface area contributed by atoms with Crippen molar-refractivity contribution in [3.8, 4) is 0 Å². The summed E-state index contributed by atoms with van der Waals surface area (Å²) < 4.78 is 10.4. The van der Waals surface area contributed by atoms with E-state index in [-0.39, 0.29) is 19.1 Å². The molecule has 0 unspecified atom stereocenters. The topological polar surface area (TPSA) is 55.8 Å². The predicted molar refractivity (Wildman–Crippen MR) is 83.6 cm³/mol. The molecule has 0 radical (unpaired) electrons. The number of hydrogen-bond donors (Lipinski definition) is 0. The van der Waals surface area contributed by atoms with Crippen LogP contribution in [-0.4, -0.2) is 50.2 Å². The summed E-state index contributed by atoms with van der Waals surface area (Å²) in [5.41, 5.74) is 0.430. The lowest BCUT2D eigenvalue weighted by atomic mass is 10.2. The van der Waals surface area contributed by atoms with Crippen molar-refractivity contribution in [2.24, 2.45) is 0 Å². The fourth-order valence-corrected chi connectivity index (χ4v) is 2.50. The predicted octanol–water partition coefficient (Wildman–Crippen LogP) is 2.75. The second kappa shape index (κ2) is 9.02. The van der Waals surface area contributed by atoms with Gasteiger partial charge in [-0.25, -0.2) is 0 Å². The number of ether oxygens (including phenoxy) is 2. The summed E-state index contributed by atoms with van der Waals surface area (Å²) in [6, 6.07) is 4.87. The molecule has 0 aliphatic rings. The zero-order chi connectivity index (χ0) is 15.8. The van der Waals surface area contributed by atoms with Crippen LogP contribution >= 0.6 is 27.5 Å². The average Bonchev–Trinajstić information content (AvgIpc) is 2.43. The maximum Gasteiger partial charge on any atom is 0.325 e. The molecule has 0 atom stereocenters. The molecule has 1 aromatic carbocycles. The Morgan fingerprint density at radius 3 is 2.67 bits per heavy atom. The maximum atomic E-state index is 12.5. The summed E-state index contributed by atoms with van der Waals surface area (Å²) in [6.45, 7) is 2.50. The number of hydrogen-bond acceptors (Lipinski definition) is 4. The largest absolute Gasteiger partial charge is 0.465 e. The molecule has 0 saturated heterocycles. The number of halogens is 2. The number of esters is 1. The fraction of sp³-hybridized carbons (Fsp3) is 0.429. The van der Waals surface area contributed by atoms with Gasteiger partial charge < -0.3 is 14.4 Å². The van der Waals surface area contributed by atoms with E-state index in [4.69, 9.17) is 21.1 Å². The number of methoxy groups -OCH3 is 1. The summed E-state index contributed by atoms with van der Waals surface area (Å²) >= 11 is 9.16. The van der Waals surface area contributed by atoms with E-state index in [1.165, 1.54) is 12.0 Å². The number of carbonyl (C=O) groups excluding carboxylic acids is 2. The van der Waals surface area contributed by atoms with Gasteiger partial charge in [-0.3, -0.25) is 9.59 Å². The summed E-state index contributed by atoms with van der Waals surface area (Å²) in [6.07, 6.45) is 0. The van der Waals surface area contributed by atoms with E-state index in [2.05, 4.69) is 15.9 Å². The number of carbonyl (C=O) groups is 2. The summed E-state index contributed by atoms with van der Waals surface area (Å²) in [5.74, 6) is -0.740. The zero-order valence-corrected chi connectivity index (χ0v) is 14.2. The molecule has 5 nitrogen and oxygen atoms in total. The molecule has 0 heterocycles. The van der Waals surface area contributed by atoms with Crippen molar-refractivity contribution in [3.05, 3.63) is 33.3 Å². The van der Waals surface area contributed by atoms with Crippen LogP contribution in [0.3, 0.4) is 0 Å². The molecule has 0 aliphatic heterocycles. The first-order valence-electron chi connectivity index (χ1n) is 6.38. The lowest BCUT2D eigenvalue weighted by molar-refractivity contribution is -0.143. The third-order valence-electron chi connectivity index (χ3n) is 2.64. The summed E-state index contributed by atoms with van der Waals surface area (Å²) in [5, 5.41) is 0.521. The van der Waals surface area contributed by atoms with E-state index in [0.29, 0.717) is 28.2 Å². The molecule has 21 heavy (non-hydrogen) atoms. The highest BCUT2D eigenvalue weighted by Gasteiger charge is 2.21.